The molecular formula is C19H21FN2O4. The molecule has 138 valence electrons. The fourth-order valence-corrected chi connectivity index (χ4v) is 2.02. The first-order chi connectivity index (χ1) is 12.2. The van der Waals surface area contributed by atoms with Gasteiger partial charge in [-0.15, -0.1) is 0 Å². The summed E-state index contributed by atoms with van der Waals surface area (Å²) in [6.07, 6.45) is -1.10. The quantitative estimate of drug-likeness (QED) is 0.847. The molecule has 0 saturated carbocycles. The van der Waals surface area contributed by atoms with Crippen LogP contribution in [0.15, 0.2) is 42.5 Å². The molecule has 0 aromatic heterocycles. The van der Waals surface area contributed by atoms with Gasteiger partial charge < -0.3 is 20.5 Å². The van der Waals surface area contributed by atoms with Gasteiger partial charge in [-0.05, 0) is 5.56 Å². The summed E-state index contributed by atoms with van der Waals surface area (Å²) in [5, 5.41) is 2.54. The first-order valence-electron chi connectivity index (χ1n) is 7.96. The van der Waals surface area contributed by atoms with Crippen LogP contribution in [-0.4, -0.2) is 12.0 Å². The smallest absolute Gasteiger partial charge is 0.410 e. The van der Waals surface area contributed by atoms with E-state index in [9.17, 15) is 14.0 Å². The van der Waals surface area contributed by atoms with Gasteiger partial charge in [0.2, 0.25) is 5.91 Å². The van der Waals surface area contributed by atoms with E-state index < -0.39 is 17.3 Å². The highest BCUT2D eigenvalue weighted by Crippen LogP contribution is 2.38. The van der Waals surface area contributed by atoms with Crippen molar-refractivity contribution in [3.8, 4) is 11.5 Å². The minimum atomic E-state index is -1.10. The Kier molecular flexibility index (Phi) is 5.82. The van der Waals surface area contributed by atoms with E-state index in [1.165, 1.54) is 0 Å². The van der Waals surface area contributed by atoms with Crippen LogP contribution in [0.3, 0.4) is 0 Å². The number of hydrogen-bond acceptors (Lipinski definition) is 4. The Hall–Kier alpha value is -3.09. The molecule has 0 aliphatic heterocycles. The molecule has 3 N–H and O–H groups in total. The van der Waals surface area contributed by atoms with Crippen LogP contribution in [0.25, 0.3) is 0 Å². The number of carbonyl (C=O) groups excluding carboxylic acids is 2. The summed E-state index contributed by atoms with van der Waals surface area (Å²) in [6.45, 7) is 5.21. The lowest BCUT2D eigenvalue weighted by molar-refractivity contribution is -0.123. The first-order valence-corrected chi connectivity index (χ1v) is 7.96. The number of primary amides is 1. The van der Waals surface area contributed by atoms with Crippen molar-refractivity contribution < 1.29 is 23.5 Å². The zero-order valence-electron chi connectivity index (χ0n) is 14.8. The van der Waals surface area contributed by atoms with E-state index >= 15 is 0 Å². The van der Waals surface area contributed by atoms with Gasteiger partial charge in [-0.1, -0.05) is 51.1 Å². The van der Waals surface area contributed by atoms with E-state index in [0.29, 0.717) is 0 Å². The molecule has 0 fully saturated rings. The predicted octanol–water partition coefficient (Wildman–Crippen LogP) is 3.85. The average Bonchev–Trinajstić information content (AvgIpc) is 2.55. The molecule has 0 saturated heterocycles. The lowest BCUT2D eigenvalue weighted by atomic mass is 9.95. The normalized spacial score (nSPS) is 10.9. The van der Waals surface area contributed by atoms with Crippen molar-refractivity contribution in [1.29, 1.82) is 0 Å². The van der Waals surface area contributed by atoms with Crippen LogP contribution in [-0.2, 0) is 11.4 Å². The first kappa shape index (κ1) is 19.2. The molecular weight excluding hydrogens is 339 g/mol. The molecule has 0 aliphatic rings. The molecule has 7 heteroatoms. The lowest BCUT2D eigenvalue weighted by Gasteiger charge is -2.20. The summed E-state index contributed by atoms with van der Waals surface area (Å²) in [6, 6.07) is 11.3. The lowest BCUT2D eigenvalue weighted by Crippen LogP contribution is -2.28. The van der Waals surface area contributed by atoms with Crippen LogP contribution in [0, 0.1) is 11.2 Å². The second-order valence-electron chi connectivity index (χ2n) is 6.68. The molecule has 0 radical (unpaired) electrons. The van der Waals surface area contributed by atoms with Crippen molar-refractivity contribution in [2.24, 2.45) is 11.1 Å². The van der Waals surface area contributed by atoms with Crippen molar-refractivity contribution in [3.63, 3.8) is 0 Å². The van der Waals surface area contributed by atoms with Gasteiger partial charge in [0, 0.05) is 17.5 Å². The van der Waals surface area contributed by atoms with Gasteiger partial charge in [-0.25, -0.2) is 9.18 Å². The van der Waals surface area contributed by atoms with Crippen LogP contribution in [0.5, 0.6) is 11.5 Å². The zero-order chi connectivity index (χ0) is 19.3. The van der Waals surface area contributed by atoms with E-state index in [2.05, 4.69) is 5.32 Å². The van der Waals surface area contributed by atoms with E-state index in [4.69, 9.17) is 15.2 Å². The molecule has 0 heterocycles. The van der Waals surface area contributed by atoms with Gasteiger partial charge in [0.1, 0.15) is 12.4 Å². The Balaban J connectivity index is 2.36. The molecule has 0 atom stereocenters. The molecule has 0 bridgehead atoms. The summed E-state index contributed by atoms with van der Waals surface area (Å²) in [5.41, 5.74) is 5.17. The van der Waals surface area contributed by atoms with Crippen molar-refractivity contribution in [3.05, 3.63) is 53.8 Å². The Morgan fingerprint density at radius 2 is 1.81 bits per heavy atom. The summed E-state index contributed by atoms with van der Waals surface area (Å²) in [4.78, 5) is 23.5. The number of rotatable bonds is 5. The largest absolute Gasteiger partial charge is 0.485 e. The van der Waals surface area contributed by atoms with Gasteiger partial charge in [0.05, 0.1) is 5.69 Å². The predicted molar refractivity (Wildman–Crippen MR) is 95.5 cm³/mol. The van der Waals surface area contributed by atoms with E-state index in [0.717, 1.165) is 17.7 Å². The number of amides is 2. The standard InChI is InChI=1S/C19H21FN2O4/c1-19(2,3)17(23)22-14-9-13(20)10-15(16(14)26-18(21)24)25-11-12-7-5-4-6-8-12/h4-10H,11H2,1-3H3,(H2,21,24)(H,22,23). The molecule has 0 unspecified atom stereocenters. The van der Waals surface area contributed by atoms with Crippen LogP contribution >= 0.6 is 0 Å². The third-order valence-electron chi connectivity index (χ3n) is 3.39. The maximum absolute atomic E-state index is 14.0. The molecule has 26 heavy (non-hydrogen) atoms. The molecule has 2 amide bonds. The summed E-state index contributed by atoms with van der Waals surface area (Å²) in [7, 11) is 0. The Morgan fingerprint density at radius 1 is 1.15 bits per heavy atom. The number of hydrogen-bond donors (Lipinski definition) is 2. The number of benzene rings is 2. The second-order valence-corrected chi connectivity index (χ2v) is 6.68. The van der Waals surface area contributed by atoms with Crippen molar-refractivity contribution in [1.82, 2.24) is 0 Å². The van der Waals surface area contributed by atoms with Gasteiger partial charge >= 0.3 is 6.09 Å². The fourth-order valence-electron chi connectivity index (χ4n) is 2.02. The van der Waals surface area contributed by atoms with Gasteiger partial charge in [0.25, 0.3) is 0 Å². The second kappa shape index (κ2) is 7.86. The van der Waals surface area contributed by atoms with Crippen LogP contribution < -0.4 is 20.5 Å². The average molecular weight is 360 g/mol. The van der Waals surface area contributed by atoms with Crippen molar-refractivity contribution >= 4 is 17.7 Å². The topological polar surface area (TPSA) is 90.7 Å². The number of halogens is 1. The van der Waals surface area contributed by atoms with Gasteiger partial charge in [-0.3, -0.25) is 4.79 Å². The fraction of sp³-hybridized carbons (Fsp3) is 0.263. The zero-order valence-corrected chi connectivity index (χ0v) is 14.8. The highest BCUT2D eigenvalue weighted by molar-refractivity contribution is 5.96. The van der Waals surface area contributed by atoms with Gasteiger partial charge in [-0.2, -0.15) is 0 Å². The molecule has 2 aromatic carbocycles. The minimum absolute atomic E-state index is 0.0354. The molecule has 0 aliphatic carbocycles. The van der Waals surface area contributed by atoms with E-state index in [-0.39, 0.29) is 29.7 Å². The number of carbonyl (C=O) groups is 2. The number of nitrogens with two attached hydrogens (primary N) is 1. The third kappa shape index (κ3) is 5.20. The number of anilines is 1. The van der Waals surface area contributed by atoms with Gasteiger partial charge in [0.15, 0.2) is 11.5 Å². The minimum Gasteiger partial charge on any atom is -0.485 e. The maximum atomic E-state index is 14.0. The number of ether oxygens (including phenoxy) is 2. The van der Waals surface area contributed by atoms with Crippen LogP contribution in [0.4, 0.5) is 14.9 Å². The molecule has 0 spiro atoms. The summed E-state index contributed by atoms with van der Waals surface area (Å²) >= 11 is 0. The Labute approximate surface area is 151 Å². The highest BCUT2D eigenvalue weighted by atomic mass is 19.1. The maximum Gasteiger partial charge on any atom is 0.410 e. The number of nitrogens with one attached hydrogen (secondary N) is 1. The third-order valence-corrected chi connectivity index (χ3v) is 3.39. The summed E-state index contributed by atoms with van der Waals surface area (Å²) in [5.74, 6) is -1.23. The van der Waals surface area contributed by atoms with Crippen LogP contribution in [0.2, 0.25) is 0 Å². The van der Waals surface area contributed by atoms with E-state index in [1.807, 2.05) is 30.3 Å². The van der Waals surface area contributed by atoms with E-state index in [1.54, 1.807) is 20.8 Å². The molecule has 2 rings (SSSR count). The van der Waals surface area contributed by atoms with Crippen molar-refractivity contribution in [2.45, 2.75) is 27.4 Å². The Bertz CT molecular complexity index is 801. The summed E-state index contributed by atoms with van der Waals surface area (Å²) < 4.78 is 24.6. The SMILES string of the molecule is CC(C)(C)C(=O)Nc1cc(F)cc(OCc2ccccc2)c1OC(N)=O. The van der Waals surface area contributed by atoms with Crippen LogP contribution in [0.1, 0.15) is 26.3 Å². The highest BCUT2D eigenvalue weighted by Gasteiger charge is 2.25. The Morgan fingerprint density at radius 3 is 2.38 bits per heavy atom. The molecule has 6 nitrogen and oxygen atoms in total. The monoisotopic (exact) mass is 360 g/mol. The van der Waals surface area contributed by atoms with Crippen molar-refractivity contribution in [2.75, 3.05) is 5.32 Å². The molecule has 2 aromatic rings.